The highest BCUT2D eigenvalue weighted by Gasteiger charge is 2.13. The minimum absolute atomic E-state index is 0.0253. The van der Waals surface area contributed by atoms with Gasteiger partial charge >= 0.3 is 5.97 Å². The Kier molecular flexibility index (Phi) is 6.84. The van der Waals surface area contributed by atoms with E-state index < -0.39 is 18.7 Å². The van der Waals surface area contributed by atoms with Gasteiger partial charge in [0, 0.05) is 0 Å². The summed E-state index contributed by atoms with van der Waals surface area (Å²) in [6.07, 6.45) is 0. The summed E-state index contributed by atoms with van der Waals surface area (Å²) >= 11 is 0. The van der Waals surface area contributed by atoms with Crippen LogP contribution in [0.25, 0.3) is 0 Å². The number of ether oxygens (including phenoxy) is 3. The van der Waals surface area contributed by atoms with Crippen molar-refractivity contribution in [3.63, 3.8) is 0 Å². The van der Waals surface area contributed by atoms with Gasteiger partial charge in [-0.3, -0.25) is 4.79 Å². The number of hydrogen-bond donors (Lipinski definition) is 1. The highest BCUT2D eigenvalue weighted by atomic mass is 19.1. The molecule has 0 aromatic heterocycles. The van der Waals surface area contributed by atoms with Gasteiger partial charge in [0.15, 0.2) is 0 Å². The fourth-order valence-electron chi connectivity index (χ4n) is 1.40. The lowest BCUT2D eigenvalue weighted by atomic mass is 10.2. The molecular weight excluding hydrogens is 253 g/mol. The van der Waals surface area contributed by atoms with E-state index in [1.54, 1.807) is 18.2 Å². The molecule has 0 saturated heterocycles. The Bertz CT molecular complexity index is 400. The molecule has 1 aromatic rings. The maximum Gasteiger partial charge on any atom is 0.325 e. The summed E-state index contributed by atoms with van der Waals surface area (Å²) in [5.74, 6) is 0.0658. The van der Waals surface area contributed by atoms with E-state index in [0.29, 0.717) is 5.75 Å². The third-order valence-electron chi connectivity index (χ3n) is 2.31. The van der Waals surface area contributed by atoms with E-state index in [0.717, 1.165) is 5.56 Å². The first-order valence-corrected chi connectivity index (χ1v) is 5.86. The molecule has 0 radical (unpaired) electrons. The van der Waals surface area contributed by atoms with Gasteiger partial charge < -0.3 is 19.9 Å². The number of nitrogens with two attached hydrogens (primary N) is 1. The number of carbonyl (C=O) groups excluding carboxylic acids is 1. The molecular formula is C13H18FNO4. The van der Waals surface area contributed by atoms with Gasteiger partial charge in [0.05, 0.1) is 20.3 Å². The molecule has 1 atom stereocenters. The van der Waals surface area contributed by atoms with E-state index in [2.05, 4.69) is 4.74 Å². The Morgan fingerprint density at radius 1 is 1.47 bits per heavy atom. The summed E-state index contributed by atoms with van der Waals surface area (Å²) in [6.45, 7) is -0.147. The number of esters is 1. The van der Waals surface area contributed by atoms with Crippen molar-refractivity contribution in [3.8, 4) is 5.75 Å². The molecule has 0 aliphatic rings. The van der Waals surface area contributed by atoms with Gasteiger partial charge in [-0.05, 0) is 17.7 Å². The zero-order valence-corrected chi connectivity index (χ0v) is 10.8. The molecule has 6 heteroatoms. The fourth-order valence-corrected chi connectivity index (χ4v) is 1.40. The minimum atomic E-state index is -0.795. The van der Waals surface area contributed by atoms with Crippen LogP contribution in [0.4, 0.5) is 4.39 Å². The third-order valence-corrected chi connectivity index (χ3v) is 2.31. The van der Waals surface area contributed by atoms with Gasteiger partial charge in [0.25, 0.3) is 0 Å². The number of hydrogen-bond acceptors (Lipinski definition) is 5. The normalized spacial score (nSPS) is 11.9. The third kappa shape index (κ3) is 5.67. The van der Waals surface area contributed by atoms with E-state index in [1.807, 2.05) is 6.07 Å². The number of alkyl halides is 1. The van der Waals surface area contributed by atoms with Crippen molar-refractivity contribution < 1.29 is 23.4 Å². The molecule has 0 spiro atoms. The van der Waals surface area contributed by atoms with E-state index in [4.69, 9.17) is 15.2 Å². The maximum absolute atomic E-state index is 12.0. The van der Waals surface area contributed by atoms with Crippen LogP contribution in [-0.4, -0.2) is 39.0 Å². The van der Waals surface area contributed by atoms with Gasteiger partial charge in [0.1, 0.15) is 25.1 Å². The largest absolute Gasteiger partial charge is 0.491 e. The molecule has 0 saturated carbocycles. The summed E-state index contributed by atoms with van der Waals surface area (Å²) in [5, 5.41) is 0. The second-order valence-corrected chi connectivity index (χ2v) is 3.83. The maximum atomic E-state index is 12.0. The summed E-state index contributed by atoms with van der Waals surface area (Å²) in [7, 11) is 1.27. The lowest BCUT2D eigenvalue weighted by Crippen LogP contribution is -2.36. The molecule has 106 valence electrons. The number of methoxy groups -OCH3 is 1. The van der Waals surface area contributed by atoms with Crippen LogP contribution in [0.15, 0.2) is 24.3 Å². The Labute approximate surface area is 111 Å². The zero-order valence-electron chi connectivity index (χ0n) is 10.8. The van der Waals surface area contributed by atoms with Gasteiger partial charge in [-0.2, -0.15) is 0 Å². The topological polar surface area (TPSA) is 70.8 Å². The standard InChI is InChI=1S/C13H18FNO4/c1-17-13(16)12(15)9-18-8-10-3-2-4-11(7-10)19-6-5-14/h2-4,7,12H,5-6,8-9,15H2,1H3. The highest BCUT2D eigenvalue weighted by molar-refractivity contribution is 5.75. The van der Waals surface area contributed by atoms with E-state index in [-0.39, 0.29) is 19.8 Å². The van der Waals surface area contributed by atoms with Crippen molar-refractivity contribution in [1.82, 2.24) is 0 Å². The van der Waals surface area contributed by atoms with Crippen LogP contribution in [0.2, 0.25) is 0 Å². The molecule has 0 fully saturated rings. The Balaban J connectivity index is 2.38. The van der Waals surface area contributed by atoms with Crippen molar-refractivity contribution in [1.29, 1.82) is 0 Å². The monoisotopic (exact) mass is 271 g/mol. The molecule has 2 N–H and O–H groups in total. The quantitative estimate of drug-likeness (QED) is 0.716. The first kappa shape index (κ1) is 15.4. The average molecular weight is 271 g/mol. The van der Waals surface area contributed by atoms with E-state index >= 15 is 0 Å². The molecule has 1 unspecified atom stereocenters. The molecule has 0 aliphatic carbocycles. The van der Waals surface area contributed by atoms with Gasteiger partial charge in [-0.25, -0.2) is 4.39 Å². The van der Waals surface area contributed by atoms with Gasteiger partial charge in [-0.1, -0.05) is 12.1 Å². The van der Waals surface area contributed by atoms with Crippen molar-refractivity contribution in [2.24, 2.45) is 5.73 Å². The van der Waals surface area contributed by atoms with Crippen LogP contribution < -0.4 is 10.5 Å². The summed E-state index contributed by atoms with van der Waals surface area (Å²) in [4.78, 5) is 11.0. The number of benzene rings is 1. The van der Waals surface area contributed by atoms with E-state index in [1.165, 1.54) is 7.11 Å². The van der Waals surface area contributed by atoms with Crippen LogP contribution >= 0.6 is 0 Å². The molecule has 5 nitrogen and oxygen atoms in total. The second kappa shape index (κ2) is 8.44. The first-order chi connectivity index (χ1) is 9.17. The zero-order chi connectivity index (χ0) is 14.1. The summed E-state index contributed by atoms with van der Waals surface area (Å²) < 4.78 is 26.9. The minimum Gasteiger partial charge on any atom is -0.491 e. The number of halogens is 1. The Morgan fingerprint density at radius 3 is 2.95 bits per heavy atom. The van der Waals surface area contributed by atoms with E-state index in [9.17, 15) is 9.18 Å². The number of carbonyl (C=O) groups is 1. The van der Waals surface area contributed by atoms with Gasteiger partial charge in [-0.15, -0.1) is 0 Å². The predicted molar refractivity (Wildman–Crippen MR) is 67.6 cm³/mol. The molecule has 1 rings (SSSR count). The van der Waals surface area contributed by atoms with Crippen LogP contribution in [-0.2, 0) is 20.9 Å². The molecule has 0 aliphatic heterocycles. The smallest absolute Gasteiger partial charge is 0.325 e. The molecule has 0 amide bonds. The second-order valence-electron chi connectivity index (χ2n) is 3.83. The highest BCUT2D eigenvalue weighted by Crippen LogP contribution is 2.14. The molecule has 0 heterocycles. The van der Waals surface area contributed by atoms with Crippen molar-refractivity contribution >= 4 is 5.97 Å². The lowest BCUT2D eigenvalue weighted by Gasteiger charge is -2.10. The first-order valence-electron chi connectivity index (χ1n) is 5.86. The fraction of sp³-hybridized carbons (Fsp3) is 0.462. The number of rotatable bonds is 8. The molecule has 0 bridgehead atoms. The lowest BCUT2D eigenvalue weighted by molar-refractivity contribution is -0.143. The molecule has 1 aromatic carbocycles. The average Bonchev–Trinajstić information content (AvgIpc) is 2.44. The Hall–Kier alpha value is -1.66. The summed E-state index contributed by atoms with van der Waals surface area (Å²) in [5.41, 5.74) is 6.38. The van der Waals surface area contributed by atoms with Crippen LogP contribution in [0.5, 0.6) is 5.75 Å². The van der Waals surface area contributed by atoms with Crippen molar-refractivity contribution in [2.45, 2.75) is 12.6 Å². The van der Waals surface area contributed by atoms with Crippen molar-refractivity contribution in [2.75, 3.05) is 27.0 Å². The van der Waals surface area contributed by atoms with Crippen molar-refractivity contribution in [3.05, 3.63) is 29.8 Å². The predicted octanol–water partition coefficient (Wildman–Crippen LogP) is 1.05. The summed E-state index contributed by atoms with van der Waals surface area (Å²) in [6, 6.07) is 6.31. The van der Waals surface area contributed by atoms with Crippen LogP contribution in [0.3, 0.4) is 0 Å². The SMILES string of the molecule is COC(=O)C(N)COCc1cccc(OCCF)c1. The van der Waals surface area contributed by atoms with Gasteiger partial charge in [0.2, 0.25) is 0 Å². The van der Waals surface area contributed by atoms with Crippen LogP contribution in [0, 0.1) is 0 Å². The van der Waals surface area contributed by atoms with Crippen LogP contribution in [0.1, 0.15) is 5.56 Å². The molecule has 19 heavy (non-hydrogen) atoms. The Morgan fingerprint density at radius 2 is 2.26 bits per heavy atom.